The monoisotopic (exact) mass is 429 g/mol. The van der Waals surface area contributed by atoms with Crippen molar-refractivity contribution in [2.75, 3.05) is 6.61 Å². The lowest BCUT2D eigenvalue weighted by molar-refractivity contribution is 0.0699. The van der Waals surface area contributed by atoms with E-state index in [2.05, 4.69) is 11.9 Å². The third kappa shape index (κ3) is 4.47. The van der Waals surface area contributed by atoms with E-state index in [9.17, 15) is 9.90 Å². The number of hydrogen-bond acceptors (Lipinski definition) is 3. The van der Waals surface area contributed by atoms with Crippen molar-refractivity contribution >= 4 is 16.9 Å². The van der Waals surface area contributed by atoms with Gasteiger partial charge in [0.05, 0.1) is 23.4 Å². The van der Waals surface area contributed by atoms with Crippen LogP contribution in [0.4, 0.5) is 4.39 Å². The highest BCUT2D eigenvalue weighted by Crippen LogP contribution is 2.31. The number of carboxylic acids is 1. The molecule has 0 unspecified atom stereocenters. The van der Waals surface area contributed by atoms with Gasteiger partial charge in [-0.15, -0.1) is 0 Å². The Bertz CT molecular complexity index is 1280. The number of fused-ring (bicyclic) bond motifs is 1. The van der Waals surface area contributed by atoms with Crippen LogP contribution in [0.1, 0.15) is 35.7 Å². The molecular weight excluding hydrogens is 405 g/mol. The molecule has 1 aromatic heterocycles. The fraction of sp³-hybridized carbons (Fsp3) is 0.185. The van der Waals surface area contributed by atoms with Gasteiger partial charge in [-0.25, -0.2) is 14.2 Å². The molecule has 0 atom stereocenters. The zero-order valence-corrected chi connectivity index (χ0v) is 18.1. The van der Waals surface area contributed by atoms with Crippen molar-refractivity contribution in [3.63, 3.8) is 0 Å². The molecule has 0 aliphatic rings. The third-order valence-electron chi connectivity index (χ3n) is 5.39. The molecule has 0 saturated carbocycles. The number of pyridine rings is 1. The van der Waals surface area contributed by atoms with Crippen molar-refractivity contribution in [1.82, 2.24) is 4.98 Å². The number of ether oxygens (including phenoxy) is 1. The third-order valence-corrected chi connectivity index (χ3v) is 5.39. The van der Waals surface area contributed by atoms with Crippen LogP contribution in [-0.2, 0) is 0 Å². The van der Waals surface area contributed by atoms with E-state index in [-0.39, 0.29) is 5.56 Å². The number of hydrogen-bond donors (Lipinski definition) is 1. The largest absolute Gasteiger partial charge is 0.494 e. The summed E-state index contributed by atoms with van der Waals surface area (Å²) in [6.45, 7) is 4.67. The molecule has 5 heteroatoms. The molecule has 4 aromatic rings. The van der Waals surface area contributed by atoms with E-state index in [1.807, 2.05) is 37.3 Å². The van der Waals surface area contributed by atoms with E-state index >= 15 is 4.39 Å². The second-order valence-electron chi connectivity index (χ2n) is 7.80. The van der Waals surface area contributed by atoms with E-state index in [0.717, 1.165) is 29.7 Å². The number of aryl methyl sites for hydroxylation is 1. The smallest absolute Gasteiger partial charge is 0.336 e. The van der Waals surface area contributed by atoms with Gasteiger partial charge in [-0.3, -0.25) is 0 Å². The number of aromatic carboxylic acids is 1. The van der Waals surface area contributed by atoms with Gasteiger partial charge in [0.15, 0.2) is 0 Å². The van der Waals surface area contributed by atoms with E-state index in [1.54, 1.807) is 24.3 Å². The number of nitrogens with zero attached hydrogens (tertiary/aromatic N) is 1. The first-order valence-electron chi connectivity index (χ1n) is 10.6. The Kier molecular flexibility index (Phi) is 6.17. The second-order valence-corrected chi connectivity index (χ2v) is 7.80. The molecule has 0 fully saturated rings. The van der Waals surface area contributed by atoms with Crippen LogP contribution in [0.3, 0.4) is 0 Å². The van der Waals surface area contributed by atoms with E-state index in [1.165, 1.54) is 12.1 Å². The highest BCUT2D eigenvalue weighted by molar-refractivity contribution is 6.04. The molecule has 1 N–H and O–H groups in total. The highest BCUT2D eigenvalue weighted by atomic mass is 19.1. The Morgan fingerprint density at radius 3 is 2.44 bits per heavy atom. The van der Waals surface area contributed by atoms with Crippen LogP contribution < -0.4 is 4.74 Å². The molecule has 0 radical (unpaired) electrons. The van der Waals surface area contributed by atoms with Gasteiger partial charge in [0.2, 0.25) is 0 Å². The quantitative estimate of drug-likeness (QED) is 0.325. The van der Waals surface area contributed by atoms with Crippen LogP contribution in [-0.4, -0.2) is 22.7 Å². The summed E-state index contributed by atoms with van der Waals surface area (Å²) in [6, 6.07) is 19.2. The topological polar surface area (TPSA) is 59.4 Å². The van der Waals surface area contributed by atoms with Crippen LogP contribution >= 0.6 is 0 Å². The van der Waals surface area contributed by atoms with Gasteiger partial charge in [-0.05, 0) is 55.3 Å². The van der Waals surface area contributed by atoms with E-state index in [4.69, 9.17) is 4.74 Å². The molecule has 3 aromatic carbocycles. The second kappa shape index (κ2) is 9.18. The Balaban J connectivity index is 1.67. The molecular formula is C27H24FNO3. The number of benzene rings is 3. The van der Waals surface area contributed by atoms with Crippen LogP contribution in [0, 0.1) is 12.7 Å². The summed E-state index contributed by atoms with van der Waals surface area (Å²) < 4.78 is 20.7. The summed E-state index contributed by atoms with van der Waals surface area (Å²) in [4.78, 5) is 16.4. The maximum atomic E-state index is 15.0. The van der Waals surface area contributed by atoms with Crippen molar-refractivity contribution in [3.05, 3.63) is 83.7 Å². The molecule has 4 nitrogen and oxygen atoms in total. The van der Waals surface area contributed by atoms with Gasteiger partial charge in [0, 0.05) is 16.5 Å². The maximum absolute atomic E-state index is 15.0. The van der Waals surface area contributed by atoms with E-state index in [0.29, 0.717) is 34.3 Å². The maximum Gasteiger partial charge on any atom is 0.336 e. The normalized spacial score (nSPS) is 11.0. The van der Waals surface area contributed by atoms with Crippen LogP contribution in [0.5, 0.6) is 5.75 Å². The first-order chi connectivity index (χ1) is 15.5. The molecule has 0 amide bonds. The molecule has 0 bridgehead atoms. The van der Waals surface area contributed by atoms with Gasteiger partial charge in [-0.2, -0.15) is 0 Å². The zero-order chi connectivity index (χ0) is 22.7. The molecule has 0 aliphatic carbocycles. The minimum Gasteiger partial charge on any atom is -0.494 e. The summed E-state index contributed by atoms with van der Waals surface area (Å²) in [6.07, 6.45) is 2.05. The molecule has 4 rings (SSSR count). The molecule has 32 heavy (non-hydrogen) atoms. The van der Waals surface area contributed by atoms with Crippen LogP contribution in [0.2, 0.25) is 0 Å². The van der Waals surface area contributed by atoms with Crippen LogP contribution in [0.25, 0.3) is 33.3 Å². The van der Waals surface area contributed by atoms with Crippen molar-refractivity contribution in [2.45, 2.75) is 26.7 Å². The van der Waals surface area contributed by atoms with Crippen LogP contribution in [0.15, 0.2) is 66.7 Å². The number of halogens is 1. The fourth-order valence-electron chi connectivity index (χ4n) is 3.64. The van der Waals surface area contributed by atoms with Gasteiger partial charge in [-0.1, -0.05) is 49.2 Å². The average Bonchev–Trinajstić information content (AvgIpc) is 2.79. The predicted octanol–water partition coefficient (Wildman–Crippen LogP) is 6.89. The van der Waals surface area contributed by atoms with Crippen molar-refractivity contribution in [1.29, 1.82) is 0 Å². The molecule has 0 saturated heterocycles. The lowest BCUT2D eigenvalue weighted by atomic mass is 9.99. The summed E-state index contributed by atoms with van der Waals surface area (Å²) in [5.74, 6) is -0.677. The van der Waals surface area contributed by atoms with Gasteiger partial charge in [0.25, 0.3) is 0 Å². The zero-order valence-electron chi connectivity index (χ0n) is 18.1. The first-order valence-corrected chi connectivity index (χ1v) is 10.6. The minimum absolute atomic E-state index is 0.150. The Morgan fingerprint density at radius 1 is 1.00 bits per heavy atom. The van der Waals surface area contributed by atoms with Gasteiger partial charge in [0.1, 0.15) is 11.6 Å². The Hall–Kier alpha value is -3.73. The SMILES string of the molecule is CCCCOc1ccc(-c2ccc(-c3cc(C(=O)O)c4cc(C)ccc4n3)cc2F)cc1. The molecule has 162 valence electrons. The lowest BCUT2D eigenvalue weighted by Crippen LogP contribution is -2.01. The number of carboxylic acid groups (broad SMARTS) is 1. The molecule has 0 spiro atoms. The van der Waals surface area contributed by atoms with Crippen molar-refractivity contribution < 1.29 is 19.0 Å². The summed E-state index contributed by atoms with van der Waals surface area (Å²) in [5, 5.41) is 10.2. The average molecular weight is 429 g/mol. The number of rotatable bonds is 7. The number of carbonyl (C=O) groups is 1. The summed E-state index contributed by atoms with van der Waals surface area (Å²) in [7, 11) is 0. The number of aromatic nitrogens is 1. The minimum atomic E-state index is -1.04. The number of unbranched alkanes of at least 4 members (excludes halogenated alkanes) is 1. The molecule has 0 aliphatic heterocycles. The lowest BCUT2D eigenvalue weighted by Gasteiger charge is -2.10. The summed E-state index contributed by atoms with van der Waals surface area (Å²) in [5.41, 5.74) is 3.81. The summed E-state index contributed by atoms with van der Waals surface area (Å²) >= 11 is 0. The fourth-order valence-corrected chi connectivity index (χ4v) is 3.64. The van der Waals surface area contributed by atoms with Crippen molar-refractivity contribution in [3.8, 4) is 28.1 Å². The Morgan fingerprint density at radius 2 is 1.75 bits per heavy atom. The van der Waals surface area contributed by atoms with Gasteiger partial charge >= 0.3 is 5.97 Å². The van der Waals surface area contributed by atoms with Crippen molar-refractivity contribution in [2.24, 2.45) is 0 Å². The van der Waals surface area contributed by atoms with Gasteiger partial charge < -0.3 is 9.84 Å². The predicted molar refractivity (Wildman–Crippen MR) is 125 cm³/mol. The Labute approximate surface area is 186 Å². The molecule has 1 heterocycles. The highest BCUT2D eigenvalue weighted by Gasteiger charge is 2.15. The first kappa shape index (κ1) is 21.5. The standard InChI is InChI=1S/C27H24FNO3/c1-3-4-13-32-20-9-6-18(7-10-20)21-11-8-19(15-24(21)28)26-16-23(27(30)31)22-14-17(2)5-12-25(22)29-26/h5-12,14-16H,3-4,13H2,1-2H3,(H,30,31). The van der Waals surface area contributed by atoms with E-state index < -0.39 is 11.8 Å².